The first kappa shape index (κ1) is 75.7. The number of allylic oxidation sites excluding steroid dienone is 2. The van der Waals surface area contributed by atoms with E-state index in [-0.39, 0.29) is 31.6 Å². The number of carbonyl (C=O) groups excluding carboxylic acids is 1. The van der Waals surface area contributed by atoms with E-state index in [1.807, 2.05) is 41.8 Å². The van der Waals surface area contributed by atoms with Crippen LogP contribution in [0.15, 0.2) is 271 Å². The number of carbonyl (C=O) groups is 1. The summed E-state index contributed by atoms with van der Waals surface area (Å²) in [4.78, 5) is 44.4. The SMILES string of the molecule is CC(=O)C=C(C)O.CN1C=CN2c3c(ccc4c3oc3ccccc34)CC12.CN1C=CN2c3ccccc3CC12.CN1c2ccccc2N2c3cccc4c3C(C12)C1N(C)c2ccccc2N41.[Ir].[c-]1ccccc1-c1ncnc2sccc12.c1cc(C2CCCCC2)c(-c2nc3c4c5c(cccc5c5ccccc5n24)C3)c(C2CCCCC2)c1. The Labute approximate surface area is 712 Å². The zero-order valence-electron chi connectivity index (χ0n) is 67.9. The second kappa shape index (κ2) is 31.0. The molecule has 26 rings (SSSR count). The molecule has 15 aromatic rings. The van der Waals surface area contributed by atoms with Crippen LogP contribution in [-0.2, 0) is 44.2 Å². The van der Waals surface area contributed by atoms with Crippen LogP contribution in [0.5, 0.6) is 0 Å². The Bertz CT molecular complexity index is 6430. The molecule has 597 valence electrons. The summed E-state index contributed by atoms with van der Waals surface area (Å²) in [5.74, 6) is 2.91. The van der Waals surface area contributed by atoms with Crippen molar-refractivity contribution in [1.82, 2.24) is 29.2 Å². The van der Waals surface area contributed by atoms with Crippen molar-refractivity contribution in [2.24, 2.45) is 0 Å². The standard InChI is InChI=1S/C34H34N2.C23H20N4.C17H14N2O.C12H7N2S.C11H12N2.C5H8O2.Ir/c1-3-11-22(12-4-1)25-17-10-18-26(23-13-5-2-6-14-23)32(25)34-35-29-21-24-15-9-19-28-27-16-7-8-20-30(27)36(34)33(29)31(24)28;1-24-14-8-3-5-10-16(14)26-18-12-7-13-19-20(18)21(22(24)26)23-25(2)15-9-4-6-11-17(15)27(19)23;1-18-8-9-19-15(18)10-11-6-7-13-12-4-2-3-5-14(12)20-17(13)16(11)19;1-2-4-9(5-3-1)11-10-6-7-15-12(10)14-8-13-11;1-12-6-7-13-10-5-3-2-4-9(10)8-11(12)13;1-4(6)3-5(2)7;/h7-10,15-20,22-23H,1-6,11-14,21H2;3-13,21-23H,1-2H3;2-9,15H,10H2,1H3;1-4,6-8H;2-7,11H,8H2,1H3;3,6H,1-2H3;/q;;;-1;;;. The first-order valence-electron chi connectivity index (χ1n) is 42.2. The molecule has 1 N–H and O–H groups in total. The summed E-state index contributed by atoms with van der Waals surface area (Å²) in [6, 6.07) is 82.0. The maximum atomic E-state index is 10.0. The Kier molecular flexibility index (Phi) is 19.8. The Hall–Kier alpha value is -12.0. The smallest absolute Gasteiger partial charge is 0.159 e. The van der Waals surface area contributed by atoms with Gasteiger partial charge in [-0.3, -0.25) is 14.2 Å². The summed E-state index contributed by atoms with van der Waals surface area (Å²) in [5.41, 5.74) is 29.0. The third kappa shape index (κ3) is 12.7. The normalized spacial score (nSPS) is 19.4. The number of furan rings is 1. The van der Waals surface area contributed by atoms with E-state index in [0.717, 1.165) is 51.9 Å². The van der Waals surface area contributed by atoms with Gasteiger partial charge in [-0.25, -0.2) is 9.97 Å². The Morgan fingerprint density at radius 3 is 1.76 bits per heavy atom. The quantitative estimate of drug-likeness (QED) is 0.0762. The average molecular weight is 1760 g/mol. The molecule has 0 saturated heterocycles. The van der Waals surface area contributed by atoms with Gasteiger partial charge >= 0.3 is 0 Å². The molecule has 0 bridgehead atoms. The fraction of sp³-hybridized carbons (Fsp3) is 0.255. The molecule has 0 spiro atoms. The van der Waals surface area contributed by atoms with Crippen LogP contribution in [0.2, 0.25) is 0 Å². The van der Waals surface area contributed by atoms with Crippen LogP contribution in [0.4, 0.5) is 45.5 Å². The number of nitrogens with zero attached hydrogens (tertiary/aromatic N) is 12. The van der Waals surface area contributed by atoms with E-state index in [2.05, 4.69) is 295 Å². The van der Waals surface area contributed by atoms with E-state index in [1.165, 1.54) is 207 Å². The zero-order chi connectivity index (χ0) is 79.6. The van der Waals surface area contributed by atoms with Crippen molar-refractivity contribution < 1.29 is 34.4 Å². The molecule has 4 atom stereocenters. The van der Waals surface area contributed by atoms with Crippen LogP contribution in [0.25, 0.3) is 82.0 Å². The maximum absolute atomic E-state index is 10.0. The number of rotatable bonds is 5. The number of benzene rings is 10. The predicted molar refractivity (Wildman–Crippen MR) is 483 cm³/mol. The number of aromatic nitrogens is 4. The zero-order valence-corrected chi connectivity index (χ0v) is 71.1. The molecule has 3 aliphatic carbocycles. The second-order valence-corrected chi connectivity index (χ2v) is 34.3. The fourth-order valence-corrected chi connectivity index (χ4v) is 22.1. The third-order valence-corrected chi connectivity index (χ3v) is 27.4. The van der Waals surface area contributed by atoms with E-state index in [4.69, 9.17) is 14.5 Å². The molecule has 17 heteroatoms. The minimum absolute atomic E-state index is 0. The van der Waals surface area contributed by atoms with Gasteiger partial charge in [0.1, 0.15) is 47.2 Å². The number of hydrogen-bond acceptors (Lipinski definition) is 15. The molecular weight excluding hydrogens is 1670 g/mol. The van der Waals surface area contributed by atoms with Crippen molar-refractivity contribution in [3.63, 3.8) is 0 Å². The van der Waals surface area contributed by atoms with Crippen LogP contribution in [0, 0.1) is 6.07 Å². The van der Waals surface area contributed by atoms with Crippen molar-refractivity contribution >= 4 is 122 Å². The van der Waals surface area contributed by atoms with Crippen LogP contribution < -0.4 is 29.4 Å². The number of hydrogen-bond donors (Lipinski definition) is 1. The number of pyridine rings is 1. The van der Waals surface area contributed by atoms with E-state index >= 15 is 0 Å². The number of thiophene rings is 1. The van der Waals surface area contributed by atoms with E-state index in [9.17, 15) is 4.79 Å². The predicted octanol–water partition coefficient (Wildman–Crippen LogP) is 23.6. The largest absolute Gasteiger partial charge is 0.512 e. The summed E-state index contributed by atoms with van der Waals surface area (Å²) in [6.45, 7) is 2.85. The van der Waals surface area contributed by atoms with Gasteiger partial charge in [0, 0.05) is 148 Å². The molecule has 0 amide bonds. The topological polar surface area (TPSA) is 119 Å². The first-order chi connectivity index (χ1) is 57.9. The third-order valence-electron chi connectivity index (χ3n) is 26.6. The molecule has 13 heterocycles. The summed E-state index contributed by atoms with van der Waals surface area (Å²) in [6.07, 6.45) is 29.6. The summed E-state index contributed by atoms with van der Waals surface area (Å²) in [7, 11) is 8.76. The van der Waals surface area contributed by atoms with Gasteiger partial charge in [-0.1, -0.05) is 172 Å². The molecule has 1 radical (unpaired) electrons. The monoisotopic (exact) mass is 1760 g/mol. The van der Waals surface area contributed by atoms with Crippen LogP contribution in [0.1, 0.15) is 135 Å². The van der Waals surface area contributed by atoms with Gasteiger partial charge in [0.25, 0.3) is 0 Å². The number of likely N-dealkylation sites (N-methyl/N-ethyl adjacent to an activating group) is 4. The van der Waals surface area contributed by atoms with Gasteiger partial charge < -0.3 is 48.7 Å². The molecule has 11 aliphatic rings. The molecular formula is C102H95IrN12O3S-. The molecule has 10 aromatic carbocycles. The number of para-hydroxylation sites is 7. The van der Waals surface area contributed by atoms with Gasteiger partial charge in [-0.2, -0.15) is 0 Å². The van der Waals surface area contributed by atoms with Crippen LogP contribution in [-0.4, -0.2) is 92.9 Å². The number of aliphatic hydroxyl groups is 1. The van der Waals surface area contributed by atoms with Gasteiger partial charge in [-0.15, -0.1) is 47.2 Å². The fourth-order valence-electron chi connectivity index (χ4n) is 21.4. The molecule has 119 heavy (non-hydrogen) atoms. The minimum atomic E-state index is -0.125. The molecule has 4 unspecified atom stereocenters. The number of aliphatic hydroxyl groups excluding tert-OH is 1. The van der Waals surface area contributed by atoms with Crippen molar-refractivity contribution in [2.75, 3.05) is 57.6 Å². The summed E-state index contributed by atoms with van der Waals surface area (Å²) < 4.78 is 8.71. The molecule has 8 aliphatic heterocycles. The van der Waals surface area contributed by atoms with Gasteiger partial charge in [0.05, 0.1) is 56.8 Å². The molecule has 2 fully saturated rings. The van der Waals surface area contributed by atoms with E-state index in [1.54, 1.807) is 28.8 Å². The summed E-state index contributed by atoms with van der Waals surface area (Å²) >= 11 is 1.63. The van der Waals surface area contributed by atoms with Gasteiger partial charge in [0.15, 0.2) is 11.4 Å². The number of imidazole rings is 1. The van der Waals surface area contributed by atoms with Crippen molar-refractivity contribution in [3.8, 4) is 22.6 Å². The number of ketones is 1. The van der Waals surface area contributed by atoms with Gasteiger partial charge in [-0.05, 0) is 162 Å². The minimum Gasteiger partial charge on any atom is -0.512 e. The van der Waals surface area contributed by atoms with Crippen LogP contribution in [0.3, 0.4) is 0 Å². The Morgan fingerprint density at radius 1 is 0.529 bits per heavy atom. The van der Waals surface area contributed by atoms with Gasteiger partial charge in [0.2, 0.25) is 0 Å². The Morgan fingerprint density at radius 2 is 1.10 bits per heavy atom. The van der Waals surface area contributed by atoms with E-state index in [0.29, 0.717) is 42.4 Å². The Balaban J connectivity index is 0.0000000971. The summed E-state index contributed by atoms with van der Waals surface area (Å²) in [5, 5.41) is 18.1. The number of fused-ring (bicyclic) bond motifs is 24. The van der Waals surface area contributed by atoms with Crippen LogP contribution >= 0.6 is 11.3 Å². The maximum Gasteiger partial charge on any atom is 0.159 e. The second-order valence-electron chi connectivity index (χ2n) is 33.4. The van der Waals surface area contributed by atoms with E-state index < -0.39 is 0 Å². The van der Waals surface area contributed by atoms with Crippen molar-refractivity contribution in [2.45, 2.75) is 140 Å². The average Bonchev–Trinajstić information content (AvgIpc) is 1.49. The molecule has 15 nitrogen and oxygen atoms in total. The van der Waals surface area contributed by atoms with Crippen molar-refractivity contribution in [1.29, 1.82) is 0 Å². The number of anilines is 8. The van der Waals surface area contributed by atoms with Crippen molar-refractivity contribution in [3.05, 3.63) is 312 Å². The molecule has 2 saturated carbocycles. The molecule has 5 aromatic heterocycles. The first-order valence-corrected chi connectivity index (χ1v) is 43.0.